The molecule has 7 heteroatoms. The number of benzene rings is 1. The van der Waals surface area contributed by atoms with Crippen molar-refractivity contribution in [1.29, 1.82) is 5.26 Å². The molecule has 0 fully saturated rings. The number of carbonyl (C=O) groups is 1. The van der Waals surface area contributed by atoms with E-state index in [0.717, 1.165) is 4.57 Å². The average Bonchev–Trinajstić information content (AvgIpc) is 2.54. The molecule has 1 N–H and O–H groups in total. The van der Waals surface area contributed by atoms with Crippen LogP contribution in [0.25, 0.3) is 0 Å². The SMILES string of the molecule is COc1ccc(C(=O)c2c(C)c(C#N)c(=O)n(C(C)C)c2O)cc1Cl. The summed E-state index contributed by atoms with van der Waals surface area (Å²) in [7, 11) is 1.45. The lowest BCUT2D eigenvalue weighted by Crippen LogP contribution is -2.28. The Morgan fingerprint density at radius 2 is 2.04 bits per heavy atom. The molecule has 0 aliphatic carbocycles. The predicted octanol–water partition coefficient (Wildman–Crippen LogP) is 3.21. The topological polar surface area (TPSA) is 92.3 Å². The summed E-state index contributed by atoms with van der Waals surface area (Å²) in [4.78, 5) is 25.3. The smallest absolute Gasteiger partial charge is 0.271 e. The highest BCUT2D eigenvalue weighted by atomic mass is 35.5. The van der Waals surface area contributed by atoms with Gasteiger partial charge in [-0.15, -0.1) is 0 Å². The van der Waals surface area contributed by atoms with E-state index < -0.39 is 23.3 Å². The fourth-order valence-corrected chi connectivity index (χ4v) is 2.88. The number of hydrogen-bond acceptors (Lipinski definition) is 5. The minimum absolute atomic E-state index is 0.0916. The van der Waals surface area contributed by atoms with Crippen LogP contribution in [0.15, 0.2) is 23.0 Å². The van der Waals surface area contributed by atoms with Gasteiger partial charge in [-0.1, -0.05) is 11.6 Å². The zero-order valence-corrected chi connectivity index (χ0v) is 15.0. The van der Waals surface area contributed by atoms with E-state index in [4.69, 9.17) is 16.3 Å². The Hall–Kier alpha value is -2.78. The Labute approximate surface area is 149 Å². The van der Waals surface area contributed by atoms with E-state index in [1.165, 1.54) is 32.2 Å². The molecule has 130 valence electrons. The fraction of sp³-hybridized carbons (Fsp3) is 0.278. The van der Waals surface area contributed by atoms with Crippen molar-refractivity contribution >= 4 is 17.4 Å². The second kappa shape index (κ2) is 6.99. The van der Waals surface area contributed by atoms with Gasteiger partial charge >= 0.3 is 0 Å². The molecule has 0 amide bonds. The number of halogens is 1. The van der Waals surface area contributed by atoms with Crippen LogP contribution < -0.4 is 10.3 Å². The molecule has 25 heavy (non-hydrogen) atoms. The lowest BCUT2D eigenvalue weighted by Gasteiger charge is -2.18. The molecule has 1 aromatic carbocycles. The Morgan fingerprint density at radius 3 is 2.52 bits per heavy atom. The largest absolute Gasteiger partial charge is 0.495 e. The zero-order valence-electron chi connectivity index (χ0n) is 14.3. The van der Waals surface area contributed by atoms with Crippen LogP contribution in [0.5, 0.6) is 11.6 Å². The first-order chi connectivity index (χ1) is 11.7. The number of ketones is 1. The zero-order chi connectivity index (χ0) is 18.9. The van der Waals surface area contributed by atoms with Crippen molar-refractivity contribution in [2.45, 2.75) is 26.8 Å². The van der Waals surface area contributed by atoms with Crippen molar-refractivity contribution in [3.8, 4) is 17.7 Å². The second-order valence-corrected chi connectivity index (χ2v) is 6.16. The van der Waals surface area contributed by atoms with Gasteiger partial charge in [0.05, 0.1) is 17.7 Å². The number of rotatable bonds is 4. The van der Waals surface area contributed by atoms with E-state index in [0.29, 0.717) is 5.75 Å². The first-order valence-electron chi connectivity index (χ1n) is 7.50. The number of pyridine rings is 1. The van der Waals surface area contributed by atoms with Gasteiger partial charge in [-0.05, 0) is 44.5 Å². The van der Waals surface area contributed by atoms with Crippen molar-refractivity contribution < 1.29 is 14.6 Å². The normalized spacial score (nSPS) is 10.6. The number of methoxy groups -OCH3 is 1. The first-order valence-corrected chi connectivity index (χ1v) is 7.88. The quantitative estimate of drug-likeness (QED) is 0.845. The Balaban J connectivity index is 2.76. The average molecular weight is 361 g/mol. The molecule has 0 atom stereocenters. The molecule has 6 nitrogen and oxygen atoms in total. The Kier molecular flexibility index (Phi) is 5.19. The van der Waals surface area contributed by atoms with E-state index in [-0.39, 0.29) is 27.3 Å². The number of nitrogens with zero attached hydrogens (tertiary/aromatic N) is 2. The number of carbonyl (C=O) groups excluding carboxylic acids is 1. The highest BCUT2D eigenvalue weighted by Gasteiger charge is 2.26. The molecular formula is C18H17ClN2O4. The number of aromatic nitrogens is 1. The minimum Gasteiger partial charge on any atom is -0.495 e. The van der Waals surface area contributed by atoms with Crippen molar-refractivity contribution in [2.75, 3.05) is 7.11 Å². The van der Waals surface area contributed by atoms with Gasteiger partial charge in [0.2, 0.25) is 5.88 Å². The minimum atomic E-state index is -0.628. The summed E-state index contributed by atoms with van der Waals surface area (Å²) in [5.74, 6) is -0.595. The van der Waals surface area contributed by atoms with Gasteiger partial charge in [-0.25, -0.2) is 0 Å². The van der Waals surface area contributed by atoms with E-state index in [9.17, 15) is 20.0 Å². The van der Waals surface area contributed by atoms with Crippen LogP contribution in [-0.4, -0.2) is 22.6 Å². The van der Waals surface area contributed by atoms with Crippen molar-refractivity contribution in [3.05, 3.63) is 55.8 Å². The third kappa shape index (κ3) is 3.11. The molecule has 0 bridgehead atoms. The molecule has 2 aromatic rings. The summed E-state index contributed by atoms with van der Waals surface area (Å²) in [5.41, 5.74) is -0.543. The summed E-state index contributed by atoms with van der Waals surface area (Å²) < 4.78 is 6.09. The van der Waals surface area contributed by atoms with Gasteiger partial charge in [0.1, 0.15) is 17.4 Å². The third-order valence-electron chi connectivity index (χ3n) is 3.90. The van der Waals surface area contributed by atoms with Crippen molar-refractivity contribution in [3.63, 3.8) is 0 Å². The predicted molar refractivity (Wildman–Crippen MR) is 93.6 cm³/mol. The molecule has 1 aromatic heterocycles. The van der Waals surface area contributed by atoms with Gasteiger partial charge in [-0.2, -0.15) is 5.26 Å². The lowest BCUT2D eigenvalue weighted by atomic mass is 9.97. The van der Waals surface area contributed by atoms with E-state index in [1.54, 1.807) is 13.8 Å². The third-order valence-corrected chi connectivity index (χ3v) is 4.20. The van der Waals surface area contributed by atoms with Gasteiger partial charge in [0.25, 0.3) is 5.56 Å². The molecule has 0 aliphatic rings. The summed E-state index contributed by atoms with van der Waals surface area (Å²) in [5, 5.41) is 20.0. The van der Waals surface area contributed by atoms with Crippen LogP contribution in [0.3, 0.4) is 0 Å². The Morgan fingerprint density at radius 1 is 1.40 bits per heavy atom. The molecule has 0 saturated carbocycles. The molecule has 1 heterocycles. The molecular weight excluding hydrogens is 344 g/mol. The lowest BCUT2D eigenvalue weighted by molar-refractivity contribution is 0.103. The van der Waals surface area contributed by atoms with Gasteiger partial charge in [-0.3, -0.25) is 14.2 Å². The first kappa shape index (κ1) is 18.6. The summed E-state index contributed by atoms with van der Waals surface area (Å²) in [6, 6.07) is 5.85. The van der Waals surface area contributed by atoms with Crippen LogP contribution >= 0.6 is 11.6 Å². The monoisotopic (exact) mass is 360 g/mol. The molecule has 0 saturated heterocycles. The van der Waals surface area contributed by atoms with Crippen LogP contribution in [0.1, 0.15) is 46.9 Å². The maximum Gasteiger partial charge on any atom is 0.271 e. The molecule has 0 spiro atoms. The Bertz CT molecular complexity index is 955. The summed E-state index contributed by atoms with van der Waals surface area (Å²) in [6.45, 7) is 4.81. The maximum atomic E-state index is 12.9. The second-order valence-electron chi connectivity index (χ2n) is 5.76. The van der Waals surface area contributed by atoms with Crippen LogP contribution in [0.2, 0.25) is 5.02 Å². The van der Waals surface area contributed by atoms with Gasteiger partial charge in [0, 0.05) is 11.6 Å². The fourth-order valence-electron chi connectivity index (χ4n) is 2.62. The van der Waals surface area contributed by atoms with Crippen LogP contribution in [-0.2, 0) is 0 Å². The summed E-state index contributed by atoms with van der Waals surface area (Å²) in [6.07, 6.45) is 0. The van der Waals surface area contributed by atoms with Crippen molar-refractivity contribution in [1.82, 2.24) is 4.57 Å². The van der Waals surface area contributed by atoms with E-state index in [2.05, 4.69) is 0 Å². The number of nitriles is 1. The number of ether oxygens (including phenoxy) is 1. The van der Waals surface area contributed by atoms with E-state index in [1.807, 2.05) is 6.07 Å². The molecule has 0 aliphatic heterocycles. The van der Waals surface area contributed by atoms with E-state index >= 15 is 0 Å². The highest BCUT2D eigenvalue weighted by molar-refractivity contribution is 6.32. The number of hydrogen-bond donors (Lipinski definition) is 1. The molecule has 0 unspecified atom stereocenters. The highest BCUT2D eigenvalue weighted by Crippen LogP contribution is 2.30. The number of aromatic hydroxyl groups is 1. The standard InChI is InChI=1S/C18H17ClN2O4/c1-9(2)21-17(23)12(8-20)10(3)15(18(21)24)16(22)11-5-6-14(25-4)13(19)7-11/h5-7,9,24H,1-4H3. The van der Waals surface area contributed by atoms with Crippen LogP contribution in [0.4, 0.5) is 0 Å². The summed E-state index contributed by atoms with van der Waals surface area (Å²) >= 11 is 6.06. The molecule has 2 rings (SSSR count). The molecule has 0 radical (unpaired) electrons. The van der Waals surface area contributed by atoms with Gasteiger partial charge in [0.15, 0.2) is 5.78 Å². The van der Waals surface area contributed by atoms with Crippen molar-refractivity contribution in [2.24, 2.45) is 0 Å². The van der Waals surface area contributed by atoms with Gasteiger partial charge < -0.3 is 9.84 Å². The van der Waals surface area contributed by atoms with Crippen LogP contribution in [0, 0.1) is 18.3 Å². The maximum absolute atomic E-state index is 12.9.